The number of rotatable bonds is 18. The lowest BCUT2D eigenvalue weighted by Gasteiger charge is -2.20. The zero-order valence-electron chi connectivity index (χ0n) is 43.9. The molecule has 0 amide bonds. The minimum absolute atomic E-state index is 0.0272. The standard InChI is InChI=1S/2C24H26N8O3.C2HF3O2.C2H4O2/c2*1-3-35-19-13-15(8-11-18(19)34-2)20(29-16-9-6-14(7-10-16)21(26)27)22-30-24(33)32(31-22)23-17(25)5-4-12-28-23;3-2(4,5)1(6)7;1-2(3)4/h2*4-13,20,29H,3,25H2,1-2H3,(H3,26,27)(H,30,31,33);(H,6,7);1H3,(H,3,4)/t20-;;;/m0.../s1. The largest absolute Gasteiger partial charge is 0.493 e. The number of halogens is 3. The molecule has 4 aromatic carbocycles. The van der Waals surface area contributed by atoms with Crippen LogP contribution in [0.3, 0.4) is 0 Å². The number of alkyl halides is 3. The van der Waals surface area contributed by atoms with Crippen molar-refractivity contribution < 1.29 is 51.9 Å². The van der Waals surface area contributed by atoms with Crippen LogP contribution in [-0.2, 0) is 9.59 Å². The quantitative estimate of drug-likeness (QED) is 0.0368. The van der Waals surface area contributed by atoms with E-state index in [4.69, 9.17) is 72.5 Å². The Kier molecular flexibility index (Phi) is 21.1. The van der Waals surface area contributed by atoms with Gasteiger partial charge in [-0.15, -0.1) is 10.2 Å². The first-order valence-corrected chi connectivity index (χ1v) is 23.8. The van der Waals surface area contributed by atoms with Gasteiger partial charge in [0.15, 0.2) is 46.3 Å². The molecule has 0 aliphatic rings. The minimum Gasteiger partial charge on any atom is -0.493 e. The minimum atomic E-state index is -5.08. The van der Waals surface area contributed by atoms with Gasteiger partial charge in [0.2, 0.25) is 0 Å². The number of benzene rings is 4. The van der Waals surface area contributed by atoms with Crippen molar-refractivity contribution in [3.8, 4) is 34.6 Å². The summed E-state index contributed by atoms with van der Waals surface area (Å²) in [6, 6.07) is 30.6. The first-order valence-electron chi connectivity index (χ1n) is 23.8. The number of aromatic amines is 2. The average molecular weight is 1120 g/mol. The van der Waals surface area contributed by atoms with Crippen LogP contribution in [0.5, 0.6) is 23.0 Å². The molecule has 0 fully saturated rings. The molecular formula is C52H57F3N16O10. The van der Waals surface area contributed by atoms with E-state index in [2.05, 4.69) is 40.8 Å². The number of nitrogen functional groups attached to an aromatic ring is 4. The van der Waals surface area contributed by atoms with Gasteiger partial charge in [-0.25, -0.2) is 24.4 Å². The highest BCUT2D eigenvalue weighted by atomic mass is 19.4. The Morgan fingerprint density at radius 3 is 1.27 bits per heavy atom. The van der Waals surface area contributed by atoms with Gasteiger partial charge in [-0.2, -0.15) is 22.5 Å². The molecule has 1 unspecified atom stereocenters. The molecule has 0 bridgehead atoms. The Morgan fingerprint density at radius 1 is 0.642 bits per heavy atom. The van der Waals surface area contributed by atoms with Gasteiger partial charge in [0, 0.05) is 41.8 Å². The van der Waals surface area contributed by atoms with Crippen molar-refractivity contribution >= 4 is 46.4 Å². The van der Waals surface area contributed by atoms with E-state index < -0.39 is 41.6 Å². The maximum Gasteiger partial charge on any atom is 0.490 e. The van der Waals surface area contributed by atoms with E-state index in [9.17, 15) is 22.8 Å². The Balaban J connectivity index is 0.000000251. The van der Waals surface area contributed by atoms with Gasteiger partial charge < -0.3 is 62.7 Å². The lowest BCUT2D eigenvalue weighted by molar-refractivity contribution is -0.192. The molecule has 0 aliphatic carbocycles. The number of methoxy groups -OCH3 is 2. The van der Waals surface area contributed by atoms with Crippen LogP contribution in [0.15, 0.2) is 131 Å². The summed E-state index contributed by atoms with van der Waals surface area (Å²) in [5.41, 5.74) is 27.0. The number of aromatic nitrogens is 8. The topological polar surface area (TPSA) is 414 Å². The van der Waals surface area contributed by atoms with Crippen LogP contribution in [0.2, 0.25) is 0 Å². The van der Waals surface area contributed by atoms with Crippen LogP contribution in [0.1, 0.15) is 66.8 Å². The molecule has 81 heavy (non-hydrogen) atoms. The lowest BCUT2D eigenvalue weighted by Crippen LogP contribution is -2.21. The van der Waals surface area contributed by atoms with Crippen molar-refractivity contribution in [2.24, 2.45) is 11.5 Å². The number of carboxylic acids is 2. The molecule has 26 nitrogen and oxygen atoms in total. The van der Waals surface area contributed by atoms with E-state index in [1.165, 1.54) is 12.4 Å². The summed E-state index contributed by atoms with van der Waals surface area (Å²) in [5.74, 6) is -0.228. The number of nitrogens with two attached hydrogens (primary N) is 4. The van der Waals surface area contributed by atoms with E-state index >= 15 is 0 Å². The van der Waals surface area contributed by atoms with Gasteiger partial charge >= 0.3 is 23.5 Å². The Labute approximate surface area is 458 Å². The second-order valence-corrected chi connectivity index (χ2v) is 16.4. The molecular weight excluding hydrogens is 1070 g/mol. The zero-order chi connectivity index (χ0) is 59.6. The van der Waals surface area contributed by atoms with E-state index in [0.717, 1.165) is 38.8 Å². The van der Waals surface area contributed by atoms with Crippen LogP contribution >= 0.6 is 0 Å². The lowest BCUT2D eigenvalue weighted by atomic mass is 10.0. The number of pyridine rings is 2. The highest BCUT2D eigenvalue weighted by Gasteiger charge is 2.38. The number of ether oxygens (including phenoxy) is 4. The third-order valence-corrected chi connectivity index (χ3v) is 10.8. The normalized spacial score (nSPS) is 11.3. The molecule has 426 valence electrons. The fourth-order valence-corrected chi connectivity index (χ4v) is 7.13. The first-order chi connectivity index (χ1) is 38.5. The third-order valence-electron chi connectivity index (χ3n) is 10.8. The second kappa shape index (κ2) is 28.0. The number of nitrogens with zero attached hydrogens (tertiary/aromatic N) is 6. The second-order valence-electron chi connectivity index (χ2n) is 16.4. The summed E-state index contributed by atoms with van der Waals surface area (Å²) in [7, 11) is 3.14. The zero-order valence-corrected chi connectivity index (χ0v) is 43.9. The molecule has 0 radical (unpaired) electrons. The average Bonchev–Trinajstić information content (AvgIpc) is 4.01. The summed E-state index contributed by atoms with van der Waals surface area (Å²) in [4.78, 5) is 57.5. The van der Waals surface area contributed by atoms with Gasteiger partial charge in [-0.05, 0) is 122 Å². The van der Waals surface area contributed by atoms with E-state index in [1.807, 2.05) is 38.1 Å². The molecule has 4 aromatic heterocycles. The van der Waals surface area contributed by atoms with Crippen molar-refractivity contribution in [2.45, 2.75) is 39.0 Å². The number of anilines is 4. The summed E-state index contributed by atoms with van der Waals surface area (Å²) in [5, 5.41) is 45.5. The Hall–Kier alpha value is -10.9. The van der Waals surface area contributed by atoms with E-state index in [-0.39, 0.29) is 23.3 Å². The summed E-state index contributed by atoms with van der Waals surface area (Å²) in [6.45, 7) is 5.76. The molecule has 8 rings (SSSR count). The molecule has 16 N–H and O–H groups in total. The number of nitrogens with one attached hydrogen (secondary N) is 6. The van der Waals surface area contributed by atoms with Crippen LogP contribution in [0.4, 0.5) is 35.9 Å². The molecule has 0 spiro atoms. The van der Waals surface area contributed by atoms with E-state index in [1.54, 1.807) is 99.1 Å². The van der Waals surface area contributed by atoms with Crippen LogP contribution in [-0.4, -0.2) is 107 Å². The number of amidine groups is 2. The molecule has 8 aromatic rings. The summed E-state index contributed by atoms with van der Waals surface area (Å²) >= 11 is 0. The SMILES string of the molecule is CC(=O)O.CCOc1cc(C(Nc2ccc(C(=N)N)cc2)c2nn(-c3ncccc3N)c(=O)[nH]2)ccc1OC.CCOc1cc([C@H](Nc2ccc(C(=N)N)cc2)c2nn(-c3ncccc3N)c(=O)[nH]2)ccc1OC.O=C(O)C(F)(F)F. The Morgan fingerprint density at radius 2 is 0.988 bits per heavy atom. The number of hydrogen-bond acceptors (Lipinski definition) is 18. The maximum absolute atomic E-state index is 12.8. The van der Waals surface area contributed by atoms with Gasteiger partial charge in [0.05, 0.1) is 38.8 Å². The van der Waals surface area contributed by atoms with E-state index in [0.29, 0.717) is 70.4 Å². The van der Waals surface area contributed by atoms with Crippen molar-refractivity contribution in [3.63, 3.8) is 0 Å². The molecule has 0 saturated heterocycles. The predicted molar refractivity (Wildman–Crippen MR) is 294 cm³/mol. The number of carboxylic acid groups (broad SMARTS) is 2. The number of hydrogen-bond donors (Lipinski definition) is 12. The third kappa shape index (κ3) is 16.6. The van der Waals surface area contributed by atoms with Crippen LogP contribution < -0.4 is 63.9 Å². The molecule has 0 aliphatic heterocycles. The fraction of sp³-hybridized carbons (Fsp3) is 0.192. The van der Waals surface area contributed by atoms with Gasteiger partial charge in [-0.1, -0.05) is 12.1 Å². The molecule has 0 saturated carbocycles. The summed E-state index contributed by atoms with van der Waals surface area (Å²) < 4.78 is 56.3. The van der Waals surface area contributed by atoms with Gasteiger partial charge in [-0.3, -0.25) is 25.6 Å². The molecule has 4 heterocycles. The van der Waals surface area contributed by atoms with Crippen molar-refractivity contribution in [3.05, 3.63) is 176 Å². The van der Waals surface area contributed by atoms with Crippen LogP contribution in [0, 0.1) is 10.8 Å². The maximum atomic E-state index is 12.8. The Bertz CT molecular complexity index is 3350. The number of carbonyl (C=O) groups is 2. The molecule has 2 atom stereocenters. The van der Waals surface area contributed by atoms with Crippen molar-refractivity contribution in [1.82, 2.24) is 39.5 Å². The van der Waals surface area contributed by atoms with Crippen LogP contribution in [0.25, 0.3) is 11.6 Å². The van der Waals surface area contributed by atoms with Gasteiger partial charge in [0.1, 0.15) is 23.8 Å². The monoisotopic (exact) mass is 1120 g/mol. The molecule has 29 heteroatoms. The summed E-state index contributed by atoms with van der Waals surface area (Å²) in [6.07, 6.45) is -2.01. The van der Waals surface area contributed by atoms with Gasteiger partial charge in [0.25, 0.3) is 5.97 Å². The predicted octanol–water partition coefficient (Wildman–Crippen LogP) is 5.59. The smallest absolute Gasteiger partial charge is 0.490 e. The first kappa shape index (κ1) is 61.0. The fourth-order valence-electron chi connectivity index (χ4n) is 7.13. The number of aliphatic carboxylic acids is 2. The van der Waals surface area contributed by atoms with Crippen molar-refractivity contribution in [1.29, 1.82) is 10.8 Å². The number of H-pyrrole nitrogens is 2. The highest BCUT2D eigenvalue weighted by Crippen LogP contribution is 2.35. The van der Waals surface area contributed by atoms with Crippen molar-refractivity contribution in [2.75, 3.05) is 49.5 Å². The highest BCUT2D eigenvalue weighted by molar-refractivity contribution is 5.95.